The van der Waals surface area contributed by atoms with Crippen molar-refractivity contribution in [3.8, 4) is 0 Å². The summed E-state index contributed by atoms with van der Waals surface area (Å²) in [6, 6.07) is 6.96. The van der Waals surface area contributed by atoms with E-state index in [0.717, 1.165) is 13.2 Å². The topological polar surface area (TPSA) is 21.3 Å². The van der Waals surface area contributed by atoms with Crippen molar-refractivity contribution in [1.29, 1.82) is 0 Å². The average molecular weight is 277 g/mol. The molecule has 0 amide bonds. The van der Waals surface area contributed by atoms with Gasteiger partial charge in [-0.3, -0.25) is 0 Å². The molecule has 1 rings (SSSR count). The average Bonchev–Trinajstić information content (AvgIpc) is 2.45. The molecule has 2 heteroatoms. The number of benzene rings is 1. The quantitative estimate of drug-likeness (QED) is 0.633. The molecule has 0 saturated heterocycles. The zero-order valence-electron chi connectivity index (χ0n) is 13.7. The smallest absolute Gasteiger partial charge is 0.0661 e. The molecule has 0 spiro atoms. The van der Waals surface area contributed by atoms with Gasteiger partial charge < -0.3 is 10.1 Å². The molecule has 1 aromatic rings. The summed E-state index contributed by atoms with van der Waals surface area (Å²) in [6.45, 7) is 8.21. The Kier molecular flexibility index (Phi) is 8.56. The molecule has 20 heavy (non-hydrogen) atoms. The highest BCUT2D eigenvalue weighted by Gasteiger charge is 2.09. The normalized spacial score (nSPS) is 12.6. The highest BCUT2D eigenvalue weighted by atomic mass is 16.5. The van der Waals surface area contributed by atoms with Crippen molar-refractivity contribution in [3.63, 3.8) is 0 Å². The van der Waals surface area contributed by atoms with Gasteiger partial charge in [0, 0.05) is 6.61 Å². The summed E-state index contributed by atoms with van der Waals surface area (Å²) in [5, 5.41) is 3.35. The summed E-state index contributed by atoms with van der Waals surface area (Å²) in [5.41, 5.74) is 4.02. The van der Waals surface area contributed by atoms with Crippen molar-refractivity contribution in [2.24, 2.45) is 0 Å². The number of aryl methyl sites for hydroxylation is 2. The number of hydrogen-bond acceptors (Lipinski definition) is 2. The Hall–Kier alpha value is -0.860. The number of rotatable bonds is 10. The Balaban J connectivity index is 2.30. The molecule has 1 N–H and O–H groups in total. The van der Waals surface area contributed by atoms with Crippen LogP contribution in [0.3, 0.4) is 0 Å². The minimum atomic E-state index is 0.296. The van der Waals surface area contributed by atoms with Crippen molar-refractivity contribution in [2.45, 2.75) is 58.9 Å². The van der Waals surface area contributed by atoms with Crippen LogP contribution in [-0.4, -0.2) is 20.3 Å². The summed E-state index contributed by atoms with van der Waals surface area (Å²) < 4.78 is 5.83. The molecular weight excluding hydrogens is 246 g/mol. The van der Waals surface area contributed by atoms with Gasteiger partial charge in [-0.25, -0.2) is 0 Å². The van der Waals surface area contributed by atoms with E-state index < -0.39 is 0 Å². The van der Waals surface area contributed by atoms with Gasteiger partial charge in [0.15, 0.2) is 0 Å². The Bertz CT molecular complexity index is 376. The molecule has 114 valence electrons. The van der Waals surface area contributed by atoms with E-state index in [4.69, 9.17) is 4.74 Å². The van der Waals surface area contributed by atoms with Gasteiger partial charge >= 0.3 is 0 Å². The molecule has 1 atom stereocenters. The minimum Gasteiger partial charge on any atom is -0.379 e. The third-order valence-corrected chi connectivity index (χ3v) is 3.96. The molecule has 0 radical (unpaired) electrons. The highest BCUT2D eigenvalue weighted by Crippen LogP contribution is 2.17. The SMILES string of the molecule is CCCCCCCOCC(NC)c1ccc(C)c(C)c1. The molecule has 0 bridgehead atoms. The first kappa shape index (κ1) is 17.2. The minimum absolute atomic E-state index is 0.296. The first-order chi connectivity index (χ1) is 9.69. The number of nitrogens with one attached hydrogen (secondary N) is 1. The summed E-state index contributed by atoms with van der Waals surface area (Å²) in [4.78, 5) is 0. The number of likely N-dealkylation sites (N-methyl/N-ethyl adjacent to an activating group) is 1. The van der Waals surface area contributed by atoms with Crippen molar-refractivity contribution in [1.82, 2.24) is 5.32 Å². The summed E-state index contributed by atoms with van der Waals surface area (Å²) in [5.74, 6) is 0. The molecular formula is C18H31NO. The second kappa shape index (κ2) is 9.95. The lowest BCUT2D eigenvalue weighted by molar-refractivity contribution is 0.110. The number of unbranched alkanes of at least 4 members (excludes halogenated alkanes) is 4. The van der Waals surface area contributed by atoms with Crippen molar-refractivity contribution in [2.75, 3.05) is 20.3 Å². The van der Waals surface area contributed by atoms with Crippen LogP contribution < -0.4 is 5.32 Å². The molecule has 2 nitrogen and oxygen atoms in total. The largest absolute Gasteiger partial charge is 0.379 e. The monoisotopic (exact) mass is 277 g/mol. The summed E-state index contributed by atoms with van der Waals surface area (Å²) in [6.07, 6.45) is 6.47. The van der Waals surface area contributed by atoms with E-state index in [-0.39, 0.29) is 0 Å². The second-order valence-electron chi connectivity index (χ2n) is 5.67. The van der Waals surface area contributed by atoms with Gasteiger partial charge in [-0.05, 0) is 44.0 Å². The molecule has 0 aliphatic heterocycles. The standard InChI is InChI=1S/C18H31NO/c1-5-6-7-8-9-12-20-14-18(19-4)17-11-10-15(2)16(3)13-17/h10-11,13,18-19H,5-9,12,14H2,1-4H3. The maximum Gasteiger partial charge on any atom is 0.0661 e. The van der Waals surface area contributed by atoms with Gasteiger partial charge in [0.2, 0.25) is 0 Å². The van der Waals surface area contributed by atoms with E-state index in [1.54, 1.807) is 0 Å². The summed E-state index contributed by atoms with van der Waals surface area (Å²) in [7, 11) is 2.00. The van der Waals surface area contributed by atoms with E-state index in [1.165, 1.54) is 48.8 Å². The van der Waals surface area contributed by atoms with Crippen LogP contribution in [0.15, 0.2) is 18.2 Å². The molecule has 0 saturated carbocycles. The fraction of sp³-hybridized carbons (Fsp3) is 0.667. The van der Waals surface area contributed by atoms with Gasteiger partial charge in [-0.2, -0.15) is 0 Å². The highest BCUT2D eigenvalue weighted by molar-refractivity contribution is 5.31. The first-order valence-electron chi connectivity index (χ1n) is 8.01. The third kappa shape index (κ3) is 6.06. The van der Waals surface area contributed by atoms with Gasteiger partial charge in [-0.15, -0.1) is 0 Å². The molecule has 0 heterocycles. The predicted molar refractivity (Wildman–Crippen MR) is 87.3 cm³/mol. The second-order valence-corrected chi connectivity index (χ2v) is 5.67. The lowest BCUT2D eigenvalue weighted by Crippen LogP contribution is -2.22. The number of hydrogen-bond donors (Lipinski definition) is 1. The maximum atomic E-state index is 5.83. The Morgan fingerprint density at radius 3 is 2.45 bits per heavy atom. The van der Waals surface area contributed by atoms with Crippen LogP contribution in [0.25, 0.3) is 0 Å². The molecule has 1 unspecified atom stereocenters. The Morgan fingerprint density at radius 2 is 1.80 bits per heavy atom. The first-order valence-corrected chi connectivity index (χ1v) is 8.01. The van der Waals surface area contributed by atoms with E-state index >= 15 is 0 Å². The fourth-order valence-corrected chi connectivity index (χ4v) is 2.34. The molecule has 0 aromatic heterocycles. The number of ether oxygens (including phenoxy) is 1. The van der Waals surface area contributed by atoms with Crippen LogP contribution in [0.1, 0.15) is 61.8 Å². The van der Waals surface area contributed by atoms with Crippen LogP contribution in [0.5, 0.6) is 0 Å². The lowest BCUT2D eigenvalue weighted by Gasteiger charge is -2.18. The van der Waals surface area contributed by atoms with E-state index in [1.807, 2.05) is 7.05 Å². The van der Waals surface area contributed by atoms with E-state index in [9.17, 15) is 0 Å². The van der Waals surface area contributed by atoms with Gasteiger partial charge in [0.1, 0.15) is 0 Å². The van der Waals surface area contributed by atoms with Gasteiger partial charge in [0.05, 0.1) is 12.6 Å². The third-order valence-electron chi connectivity index (χ3n) is 3.96. The van der Waals surface area contributed by atoms with E-state index in [0.29, 0.717) is 6.04 Å². The molecule has 1 aromatic carbocycles. The molecule has 0 aliphatic rings. The Labute approximate surface area is 124 Å². The maximum absolute atomic E-state index is 5.83. The molecule has 0 fully saturated rings. The predicted octanol–water partition coefficient (Wildman–Crippen LogP) is 4.55. The van der Waals surface area contributed by atoms with Crippen molar-refractivity contribution < 1.29 is 4.74 Å². The zero-order chi connectivity index (χ0) is 14.8. The van der Waals surface area contributed by atoms with Gasteiger partial charge in [-0.1, -0.05) is 50.8 Å². The van der Waals surface area contributed by atoms with Crippen LogP contribution in [0.2, 0.25) is 0 Å². The summed E-state index contributed by atoms with van der Waals surface area (Å²) >= 11 is 0. The van der Waals surface area contributed by atoms with Crippen LogP contribution in [0.4, 0.5) is 0 Å². The lowest BCUT2D eigenvalue weighted by atomic mass is 10.0. The Morgan fingerprint density at radius 1 is 1.05 bits per heavy atom. The molecule has 0 aliphatic carbocycles. The zero-order valence-corrected chi connectivity index (χ0v) is 13.7. The van der Waals surface area contributed by atoms with Crippen LogP contribution in [-0.2, 0) is 4.74 Å². The van der Waals surface area contributed by atoms with Crippen molar-refractivity contribution >= 4 is 0 Å². The van der Waals surface area contributed by atoms with E-state index in [2.05, 4.69) is 44.3 Å². The fourth-order valence-electron chi connectivity index (χ4n) is 2.34. The van der Waals surface area contributed by atoms with Crippen LogP contribution in [0, 0.1) is 13.8 Å². The van der Waals surface area contributed by atoms with Crippen molar-refractivity contribution in [3.05, 3.63) is 34.9 Å². The van der Waals surface area contributed by atoms with Gasteiger partial charge in [0.25, 0.3) is 0 Å². The van der Waals surface area contributed by atoms with Crippen LogP contribution >= 0.6 is 0 Å².